The van der Waals surface area contributed by atoms with E-state index < -0.39 is 0 Å². The first-order valence-electron chi connectivity index (χ1n) is 6.94. The lowest BCUT2D eigenvalue weighted by Gasteiger charge is -2.21. The van der Waals surface area contributed by atoms with Gasteiger partial charge in [-0.1, -0.05) is 12.1 Å². The van der Waals surface area contributed by atoms with Gasteiger partial charge in [0.25, 0.3) is 0 Å². The van der Waals surface area contributed by atoms with Crippen LogP contribution in [0.1, 0.15) is 31.7 Å². The predicted octanol–water partition coefficient (Wildman–Crippen LogP) is 1.93. The molecule has 0 aliphatic carbocycles. The quantitative estimate of drug-likeness (QED) is 0.902. The van der Waals surface area contributed by atoms with Crippen molar-refractivity contribution in [2.75, 3.05) is 13.2 Å². The third kappa shape index (κ3) is 3.96. The fourth-order valence-electron chi connectivity index (χ4n) is 2.35. The van der Waals surface area contributed by atoms with Crippen LogP contribution in [0.3, 0.4) is 0 Å². The lowest BCUT2D eigenvalue weighted by Crippen LogP contribution is -2.30. The molecule has 0 aromatic heterocycles. The zero-order valence-electron chi connectivity index (χ0n) is 11.5. The Balaban J connectivity index is 2.02. The Kier molecular flexibility index (Phi) is 4.80. The molecule has 0 spiro atoms. The molecule has 2 rings (SSSR count). The van der Waals surface area contributed by atoms with Gasteiger partial charge in [0.1, 0.15) is 5.75 Å². The number of rotatable bonds is 4. The molecule has 1 unspecified atom stereocenters. The van der Waals surface area contributed by atoms with E-state index in [1.165, 1.54) is 0 Å². The summed E-state index contributed by atoms with van der Waals surface area (Å²) in [5, 5.41) is 0. The van der Waals surface area contributed by atoms with Gasteiger partial charge >= 0.3 is 0 Å². The Morgan fingerprint density at radius 2 is 2.26 bits per heavy atom. The van der Waals surface area contributed by atoms with Crippen LogP contribution in [0.25, 0.3) is 0 Å². The van der Waals surface area contributed by atoms with Gasteiger partial charge in [-0.05, 0) is 37.5 Å². The van der Waals surface area contributed by atoms with E-state index in [0.717, 1.165) is 30.7 Å². The van der Waals surface area contributed by atoms with Gasteiger partial charge in [0, 0.05) is 25.6 Å². The van der Waals surface area contributed by atoms with E-state index in [1.54, 1.807) is 0 Å². The molecule has 1 saturated heterocycles. The highest BCUT2D eigenvalue weighted by Gasteiger charge is 2.20. The van der Waals surface area contributed by atoms with Crippen molar-refractivity contribution in [3.63, 3.8) is 0 Å². The van der Waals surface area contributed by atoms with Crippen LogP contribution < -0.4 is 10.5 Å². The second kappa shape index (κ2) is 6.57. The summed E-state index contributed by atoms with van der Waals surface area (Å²) in [7, 11) is 0. The summed E-state index contributed by atoms with van der Waals surface area (Å²) in [6.45, 7) is 4.01. The Morgan fingerprint density at radius 1 is 1.42 bits per heavy atom. The number of nitrogens with zero attached hydrogens (tertiary/aromatic N) is 1. The van der Waals surface area contributed by atoms with Gasteiger partial charge in [-0.3, -0.25) is 4.79 Å². The summed E-state index contributed by atoms with van der Waals surface area (Å²) in [6.07, 6.45) is 2.25. The maximum absolute atomic E-state index is 12.0. The van der Waals surface area contributed by atoms with Crippen molar-refractivity contribution in [3.05, 3.63) is 29.8 Å². The van der Waals surface area contributed by atoms with Gasteiger partial charge in [-0.2, -0.15) is 0 Å². The molecule has 4 heteroatoms. The Bertz CT molecular complexity index is 434. The van der Waals surface area contributed by atoms with Gasteiger partial charge in [0.05, 0.1) is 6.61 Å². The molecule has 1 heterocycles. The molecule has 1 aromatic carbocycles. The number of ether oxygens (including phenoxy) is 1. The molecule has 1 atom stereocenters. The molecule has 0 saturated carbocycles. The molecule has 1 aliphatic rings. The molecule has 104 valence electrons. The molecule has 1 fully saturated rings. The van der Waals surface area contributed by atoms with Gasteiger partial charge in [0.2, 0.25) is 5.91 Å². The van der Waals surface area contributed by atoms with Gasteiger partial charge in [-0.25, -0.2) is 0 Å². The maximum atomic E-state index is 12.0. The summed E-state index contributed by atoms with van der Waals surface area (Å²) in [5.74, 6) is 1.06. The highest BCUT2D eigenvalue weighted by molar-refractivity contribution is 5.76. The first-order valence-corrected chi connectivity index (χ1v) is 6.94. The van der Waals surface area contributed by atoms with Gasteiger partial charge in [0.15, 0.2) is 0 Å². The molecular weight excluding hydrogens is 240 g/mol. The average Bonchev–Trinajstić information content (AvgIpc) is 2.55. The highest BCUT2D eigenvalue weighted by atomic mass is 16.5. The van der Waals surface area contributed by atoms with Crippen molar-refractivity contribution in [1.82, 2.24) is 4.90 Å². The van der Waals surface area contributed by atoms with Crippen molar-refractivity contribution in [1.29, 1.82) is 0 Å². The van der Waals surface area contributed by atoms with E-state index >= 15 is 0 Å². The van der Waals surface area contributed by atoms with E-state index in [9.17, 15) is 4.79 Å². The van der Waals surface area contributed by atoms with Gasteiger partial charge < -0.3 is 15.4 Å². The SMILES string of the molecule is CCOc1cccc(CN2CCC(N)CCC2=O)c1. The van der Waals surface area contributed by atoms with Crippen molar-refractivity contribution in [2.24, 2.45) is 5.73 Å². The first kappa shape index (κ1) is 13.9. The van der Waals surface area contributed by atoms with Crippen molar-refractivity contribution in [3.8, 4) is 5.75 Å². The minimum atomic E-state index is 0.156. The third-order valence-electron chi connectivity index (χ3n) is 3.43. The Labute approximate surface area is 114 Å². The number of hydrogen-bond donors (Lipinski definition) is 1. The molecule has 19 heavy (non-hydrogen) atoms. The second-order valence-corrected chi connectivity index (χ2v) is 4.98. The van der Waals surface area contributed by atoms with Crippen LogP contribution in [-0.4, -0.2) is 30.0 Å². The van der Waals surface area contributed by atoms with Crippen LogP contribution in [0, 0.1) is 0 Å². The number of hydrogen-bond acceptors (Lipinski definition) is 3. The van der Waals surface area contributed by atoms with Gasteiger partial charge in [-0.15, -0.1) is 0 Å². The zero-order chi connectivity index (χ0) is 13.7. The lowest BCUT2D eigenvalue weighted by molar-refractivity contribution is -0.131. The number of carbonyl (C=O) groups is 1. The number of likely N-dealkylation sites (tertiary alicyclic amines) is 1. The van der Waals surface area contributed by atoms with Crippen LogP contribution in [0.15, 0.2) is 24.3 Å². The smallest absolute Gasteiger partial charge is 0.222 e. The molecule has 4 nitrogen and oxygen atoms in total. The largest absolute Gasteiger partial charge is 0.494 e. The van der Waals surface area contributed by atoms with Crippen LogP contribution >= 0.6 is 0 Å². The molecule has 0 bridgehead atoms. The molecule has 2 N–H and O–H groups in total. The minimum Gasteiger partial charge on any atom is -0.494 e. The average molecular weight is 262 g/mol. The van der Waals surface area contributed by atoms with E-state index in [4.69, 9.17) is 10.5 Å². The standard InChI is InChI=1S/C15H22N2O2/c1-2-19-14-5-3-4-12(10-14)11-17-9-8-13(16)6-7-15(17)18/h3-5,10,13H,2,6-9,11,16H2,1H3. The number of carbonyl (C=O) groups excluding carboxylic acids is 1. The van der Waals surface area contributed by atoms with Crippen LogP contribution in [-0.2, 0) is 11.3 Å². The summed E-state index contributed by atoms with van der Waals surface area (Å²) in [5.41, 5.74) is 7.02. The van der Waals surface area contributed by atoms with Crippen molar-refractivity contribution < 1.29 is 9.53 Å². The van der Waals surface area contributed by atoms with E-state index in [2.05, 4.69) is 0 Å². The maximum Gasteiger partial charge on any atom is 0.222 e. The molecule has 1 amide bonds. The van der Waals surface area contributed by atoms with Crippen molar-refractivity contribution in [2.45, 2.75) is 38.8 Å². The number of nitrogens with two attached hydrogens (primary N) is 1. The normalized spacial score (nSPS) is 20.2. The predicted molar refractivity (Wildman–Crippen MR) is 74.9 cm³/mol. The fourth-order valence-corrected chi connectivity index (χ4v) is 2.35. The monoisotopic (exact) mass is 262 g/mol. The van der Waals surface area contributed by atoms with Crippen LogP contribution in [0.4, 0.5) is 0 Å². The van der Waals surface area contributed by atoms with E-state index in [-0.39, 0.29) is 11.9 Å². The summed E-state index contributed by atoms with van der Waals surface area (Å²) < 4.78 is 5.48. The molecule has 0 radical (unpaired) electrons. The third-order valence-corrected chi connectivity index (χ3v) is 3.43. The van der Waals surface area contributed by atoms with E-state index in [0.29, 0.717) is 19.6 Å². The molecule has 1 aromatic rings. The second-order valence-electron chi connectivity index (χ2n) is 4.98. The fraction of sp³-hybridized carbons (Fsp3) is 0.533. The summed E-state index contributed by atoms with van der Waals surface area (Å²) in [4.78, 5) is 13.9. The lowest BCUT2D eigenvalue weighted by atomic mass is 10.1. The zero-order valence-corrected chi connectivity index (χ0v) is 11.5. The molecule has 1 aliphatic heterocycles. The Hall–Kier alpha value is -1.55. The topological polar surface area (TPSA) is 55.6 Å². The number of benzene rings is 1. The van der Waals surface area contributed by atoms with Crippen molar-refractivity contribution >= 4 is 5.91 Å². The van der Waals surface area contributed by atoms with E-state index in [1.807, 2.05) is 36.1 Å². The minimum absolute atomic E-state index is 0.156. The molecular formula is C15H22N2O2. The van der Waals surface area contributed by atoms with Crippen LogP contribution in [0.5, 0.6) is 5.75 Å². The van der Waals surface area contributed by atoms with Crippen LogP contribution in [0.2, 0.25) is 0 Å². The summed E-state index contributed by atoms with van der Waals surface area (Å²) >= 11 is 0. The summed E-state index contributed by atoms with van der Waals surface area (Å²) in [6, 6.07) is 8.09. The highest BCUT2D eigenvalue weighted by Crippen LogP contribution is 2.18. The Morgan fingerprint density at radius 3 is 3.05 bits per heavy atom. The first-order chi connectivity index (χ1) is 9.19. The number of amides is 1.